The van der Waals surface area contributed by atoms with Gasteiger partial charge in [-0.2, -0.15) is 0 Å². The van der Waals surface area contributed by atoms with Gasteiger partial charge in [0.2, 0.25) is 0 Å². The Balaban J connectivity index is 2.21. The zero-order chi connectivity index (χ0) is 8.39. The van der Waals surface area contributed by atoms with Crippen molar-refractivity contribution in [2.24, 2.45) is 0 Å². The van der Waals surface area contributed by atoms with Crippen LogP contribution in [0, 0.1) is 3.70 Å². The van der Waals surface area contributed by atoms with E-state index in [0.29, 0.717) is 6.04 Å². The molecule has 64 valence electrons. The number of halogens is 1. The summed E-state index contributed by atoms with van der Waals surface area (Å²) in [6.07, 6.45) is 2.50. The number of pyridine rings is 1. The lowest BCUT2D eigenvalue weighted by atomic mass is 10.1. The van der Waals surface area contributed by atoms with Gasteiger partial charge in [0.25, 0.3) is 0 Å². The molecule has 2 heterocycles. The van der Waals surface area contributed by atoms with Crippen LogP contribution in [-0.2, 0) is 0 Å². The Bertz CT molecular complexity index is 269. The molecule has 0 aromatic carbocycles. The van der Waals surface area contributed by atoms with Gasteiger partial charge >= 0.3 is 0 Å². The predicted molar refractivity (Wildman–Crippen MR) is 56.9 cm³/mol. The van der Waals surface area contributed by atoms with E-state index in [1.165, 1.54) is 18.5 Å². The largest absolute Gasteiger partial charge is 0.309 e. The summed E-state index contributed by atoms with van der Waals surface area (Å²) in [6.45, 7) is 1.14. The van der Waals surface area contributed by atoms with E-state index in [2.05, 4.69) is 45.0 Å². The Kier molecular flexibility index (Phi) is 2.60. The van der Waals surface area contributed by atoms with Crippen LogP contribution in [0.3, 0.4) is 0 Å². The van der Waals surface area contributed by atoms with E-state index in [-0.39, 0.29) is 0 Å². The standard InChI is InChI=1S/C9H11IN2/c10-9-5-1-3-8(12-9)7-4-2-6-11-7/h1,3,5,7,11H,2,4,6H2. The molecule has 2 nitrogen and oxygen atoms in total. The Morgan fingerprint density at radius 2 is 2.42 bits per heavy atom. The quantitative estimate of drug-likeness (QED) is 0.626. The fourth-order valence-electron chi connectivity index (χ4n) is 1.56. The van der Waals surface area contributed by atoms with Crippen molar-refractivity contribution in [2.75, 3.05) is 6.54 Å². The number of nitrogens with one attached hydrogen (secondary N) is 1. The average Bonchev–Trinajstić information content (AvgIpc) is 2.56. The van der Waals surface area contributed by atoms with E-state index in [1.54, 1.807) is 0 Å². The maximum atomic E-state index is 4.48. The number of hydrogen-bond donors (Lipinski definition) is 1. The second-order valence-electron chi connectivity index (χ2n) is 3.03. The molecular weight excluding hydrogens is 263 g/mol. The van der Waals surface area contributed by atoms with E-state index in [0.717, 1.165) is 10.2 Å². The highest BCUT2D eigenvalue weighted by atomic mass is 127. The smallest absolute Gasteiger partial charge is 0.101 e. The van der Waals surface area contributed by atoms with Crippen molar-refractivity contribution in [3.05, 3.63) is 27.6 Å². The molecule has 1 N–H and O–H groups in total. The van der Waals surface area contributed by atoms with Gasteiger partial charge in [-0.05, 0) is 54.1 Å². The topological polar surface area (TPSA) is 24.9 Å². The van der Waals surface area contributed by atoms with Crippen molar-refractivity contribution >= 4 is 22.6 Å². The number of nitrogens with zero attached hydrogens (tertiary/aromatic N) is 1. The monoisotopic (exact) mass is 274 g/mol. The predicted octanol–water partition coefficient (Wildman–Crippen LogP) is 2.11. The molecule has 0 saturated carbocycles. The van der Waals surface area contributed by atoms with Crippen LogP contribution in [0.4, 0.5) is 0 Å². The SMILES string of the molecule is Ic1cccc(C2CCCN2)n1. The first-order valence-corrected chi connectivity index (χ1v) is 5.30. The van der Waals surface area contributed by atoms with Gasteiger partial charge in [0.1, 0.15) is 3.70 Å². The Hall–Kier alpha value is -0.160. The Morgan fingerprint density at radius 3 is 3.08 bits per heavy atom. The lowest BCUT2D eigenvalue weighted by molar-refractivity contribution is 0.626. The fraction of sp³-hybridized carbons (Fsp3) is 0.444. The normalized spacial score (nSPS) is 22.9. The average molecular weight is 274 g/mol. The lowest BCUT2D eigenvalue weighted by Gasteiger charge is -2.08. The summed E-state index contributed by atoms with van der Waals surface area (Å²) in [7, 11) is 0. The van der Waals surface area contributed by atoms with Crippen LogP contribution in [-0.4, -0.2) is 11.5 Å². The second kappa shape index (κ2) is 3.70. The molecule has 1 aromatic heterocycles. The van der Waals surface area contributed by atoms with Gasteiger partial charge in [-0.15, -0.1) is 0 Å². The van der Waals surface area contributed by atoms with Crippen molar-refractivity contribution in [3.63, 3.8) is 0 Å². The molecule has 0 radical (unpaired) electrons. The van der Waals surface area contributed by atoms with Crippen LogP contribution in [0.1, 0.15) is 24.6 Å². The van der Waals surface area contributed by atoms with Gasteiger partial charge in [0.15, 0.2) is 0 Å². The van der Waals surface area contributed by atoms with Crippen molar-refractivity contribution in [1.29, 1.82) is 0 Å². The van der Waals surface area contributed by atoms with Crippen LogP contribution in [0.25, 0.3) is 0 Å². The zero-order valence-electron chi connectivity index (χ0n) is 6.76. The molecule has 1 aromatic rings. The highest BCUT2D eigenvalue weighted by molar-refractivity contribution is 14.1. The highest BCUT2D eigenvalue weighted by Crippen LogP contribution is 2.21. The molecule has 0 amide bonds. The van der Waals surface area contributed by atoms with Crippen molar-refractivity contribution in [2.45, 2.75) is 18.9 Å². The summed E-state index contributed by atoms with van der Waals surface area (Å²) in [6, 6.07) is 6.70. The highest BCUT2D eigenvalue weighted by Gasteiger charge is 2.16. The molecule has 1 aliphatic heterocycles. The van der Waals surface area contributed by atoms with Crippen LogP contribution in [0.2, 0.25) is 0 Å². The Morgan fingerprint density at radius 1 is 1.50 bits per heavy atom. The molecule has 0 spiro atoms. The summed E-state index contributed by atoms with van der Waals surface area (Å²) < 4.78 is 1.08. The number of rotatable bonds is 1. The van der Waals surface area contributed by atoms with Gasteiger partial charge < -0.3 is 5.32 Å². The molecule has 1 saturated heterocycles. The van der Waals surface area contributed by atoms with Gasteiger partial charge in [-0.3, -0.25) is 0 Å². The minimum absolute atomic E-state index is 0.500. The third-order valence-corrected chi connectivity index (χ3v) is 2.75. The van der Waals surface area contributed by atoms with Crippen LogP contribution < -0.4 is 5.32 Å². The molecule has 1 fully saturated rings. The molecule has 3 heteroatoms. The molecule has 2 rings (SSSR count). The molecule has 1 aliphatic rings. The molecule has 0 aliphatic carbocycles. The summed E-state index contributed by atoms with van der Waals surface area (Å²) in [4.78, 5) is 4.48. The van der Waals surface area contributed by atoms with E-state index < -0.39 is 0 Å². The first-order valence-electron chi connectivity index (χ1n) is 4.22. The summed E-state index contributed by atoms with van der Waals surface area (Å²) in [5.74, 6) is 0. The van der Waals surface area contributed by atoms with Gasteiger partial charge in [0, 0.05) is 6.04 Å². The van der Waals surface area contributed by atoms with Crippen molar-refractivity contribution in [1.82, 2.24) is 10.3 Å². The minimum atomic E-state index is 0.500. The minimum Gasteiger partial charge on any atom is -0.309 e. The molecule has 1 atom stereocenters. The summed E-state index contributed by atoms with van der Waals surface area (Å²) in [5, 5.41) is 3.43. The van der Waals surface area contributed by atoms with Gasteiger partial charge in [-0.1, -0.05) is 6.07 Å². The maximum Gasteiger partial charge on any atom is 0.101 e. The molecule has 12 heavy (non-hydrogen) atoms. The van der Waals surface area contributed by atoms with E-state index in [9.17, 15) is 0 Å². The summed E-state index contributed by atoms with van der Waals surface area (Å²) in [5.41, 5.74) is 1.19. The van der Waals surface area contributed by atoms with Crippen molar-refractivity contribution < 1.29 is 0 Å². The fourth-order valence-corrected chi connectivity index (χ4v) is 2.04. The van der Waals surface area contributed by atoms with E-state index >= 15 is 0 Å². The second-order valence-corrected chi connectivity index (χ2v) is 4.14. The third kappa shape index (κ3) is 1.77. The molecule has 0 bridgehead atoms. The number of aromatic nitrogens is 1. The van der Waals surface area contributed by atoms with Crippen LogP contribution in [0.5, 0.6) is 0 Å². The van der Waals surface area contributed by atoms with E-state index in [4.69, 9.17) is 0 Å². The van der Waals surface area contributed by atoms with Crippen LogP contribution >= 0.6 is 22.6 Å². The van der Waals surface area contributed by atoms with Gasteiger partial charge in [-0.25, -0.2) is 4.98 Å². The van der Waals surface area contributed by atoms with E-state index in [1.807, 2.05) is 6.07 Å². The molecular formula is C9H11IN2. The Labute approximate surface area is 85.9 Å². The zero-order valence-corrected chi connectivity index (χ0v) is 8.91. The maximum absolute atomic E-state index is 4.48. The summed E-state index contributed by atoms with van der Waals surface area (Å²) >= 11 is 2.25. The number of hydrogen-bond acceptors (Lipinski definition) is 2. The van der Waals surface area contributed by atoms with Gasteiger partial charge in [0.05, 0.1) is 5.69 Å². The third-order valence-electron chi connectivity index (χ3n) is 2.15. The lowest BCUT2D eigenvalue weighted by Crippen LogP contribution is -2.14. The molecule has 1 unspecified atom stereocenters. The first-order chi connectivity index (χ1) is 5.86. The van der Waals surface area contributed by atoms with Crippen LogP contribution in [0.15, 0.2) is 18.2 Å². The first kappa shape index (κ1) is 8.44. The van der Waals surface area contributed by atoms with Crippen molar-refractivity contribution in [3.8, 4) is 0 Å².